The van der Waals surface area contributed by atoms with Crippen molar-refractivity contribution < 1.29 is 4.21 Å². The highest BCUT2D eigenvalue weighted by Gasteiger charge is 2.12. The summed E-state index contributed by atoms with van der Waals surface area (Å²) in [7, 11) is -1.48. The Morgan fingerprint density at radius 2 is 2.20 bits per heavy atom. The molecule has 1 heterocycles. The van der Waals surface area contributed by atoms with E-state index in [0.717, 1.165) is 10.2 Å². The smallest absolute Gasteiger partial charge is 0.197 e. The molecule has 0 saturated heterocycles. The maximum absolute atomic E-state index is 11.1. The molecule has 0 aliphatic rings. The van der Waals surface area contributed by atoms with Gasteiger partial charge >= 0.3 is 0 Å². The SMILES string of the molecule is CC(C)c1cccc2sc(S(N)=O)nc12. The number of nitrogens with zero attached hydrogens (tertiary/aromatic N) is 1. The Balaban J connectivity index is 2.69. The van der Waals surface area contributed by atoms with Crippen molar-refractivity contribution in [3.63, 3.8) is 0 Å². The number of rotatable bonds is 2. The summed E-state index contributed by atoms with van der Waals surface area (Å²) in [5.74, 6) is 0.412. The van der Waals surface area contributed by atoms with Crippen LogP contribution in [0.1, 0.15) is 25.3 Å². The van der Waals surface area contributed by atoms with Crippen molar-refractivity contribution in [1.29, 1.82) is 0 Å². The van der Waals surface area contributed by atoms with Crippen LogP contribution in [0.4, 0.5) is 0 Å². The molecule has 1 aromatic heterocycles. The Kier molecular flexibility index (Phi) is 2.86. The van der Waals surface area contributed by atoms with Crippen LogP contribution in [0.3, 0.4) is 0 Å². The van der Waals surface area contributed by atoms with Gasteiger partial charge in [-0.15, -0.1) is 11.3 Å². The van der Waals surface area contributed by atoms with Gasteiger partial charge in [0.2, 0.25) is 0 Å². The average Bonchev–Trinajstić information content (AvgIpc) is 2.60. The normalized spacial score (nSPS) is 13.6. The maximum atomic E-state index is 11.1. The van der Waals surface area contributed by atoms with Crippen LogP contribution in [-0.4, -0.2) is 9.19 Å². The van der Waals surface area contributed by atoms with Crippen LogP contribution in [0.15, 0.2) is 22.5 Å². The van der Waals surface area contributed by atoms with Gasteiger partial charge in [-0.25, -0.2) is 14.3 Å². The minimum atomic E-state index is -1.48. The van der Waals surface area contributed by atoms with Gasteiger partial charge in [0.25, 0.3) is 0 Å². The van der Waals surface area contributed by atoms with Gasteiger partial charge in [-0.2, -0.15) is 0 Å². The summed E-state index contributed by atoms with van der Waals surface area (Å²) < 4.78 is 12.7. The molecule has 80 valence electrons. The summed E-state index contributed by atoms with van der Waals surface area (Å²) >= 11 is 1.40. The first kappa shape index (κ1) is 10.7. The standard InChI is InChI=1S/C10H12N2OS2/c1-6(2)7-4-3-5-8-9(7)12-10(14-8)15(11)13/h3-6H,11H2,1-2H3. The number of nitrogens with two attached hydrogens (primary N) is 1. The summed E-state index contributed by atoms with van der Waals surface area (Å²) in [4.78, 5) is 4.33. The maximum Gasteiger partial charge on any atom is 0.197 e. The largest absolute Gasteiger partial charge is 0.246 e. The number of hydrogen-bond acceptors (Lipinski definition) is 3. The molecule has 0 amide bonds. The highest BCUT2D eigenvalue weighted by Crippen LogP contribution is 2.29. The number of para-hydroxylation sites is 1. The van der Waals surface area contributed by atoms with Gasteiger partial charge < -0.3 is 0 Å². The van der Waals surface area contributed by atoms with E-state index < -0.39 is 11.0 Å². The summed E-state index contributed by atoms with van der Waals surface area (Å²) in [6, 6.07) is 6.03. The molecule has 15 heavy (non-hydrogen) atoms. The van der Waals surface area contributed by atoms with E-state index in [0.29, 0.717) is 10.3 Å². The third kappa shape index (κ3) is 1.95. The van der Waals surface area contributed by atoms with Crippen LogP contribution in [0, 0.1) is 0 Å². The number of benzene rings is 1. The number of fused-ring (bicyclic) bond motifs is 1. The van der Waals surface area contributed by atoms with Gasteiger partial charge in [0.05, 0.1) is 10.2 Å². The molecule has 3 nitrogen and oxygen atoms in total. The first-order chi connectivity index (χ1) is 7.09. The summed E-state index contributed by atoms with van der Waals surface area (Å²) in [6.45, 7) is 4.24. The molecule has 0 bridgehead atoms. The first-order valence-electron chi connectivity index (χ1n) is 4.65. The van der Waals surface area contributed by atoms with Gasteiger partial charge in [0.15, 0.2) is 15.3 Å². The molecule has 1 atom stereocenters. The molecule has 5 heteroatoms. The quantitative estimate of drug-likeness (QED) is 0.876. The zero-order chi connectivity index (χ0) is 11.0. The van der Waals surface area contributed by atoms with E-state index >= 15 is 0 Å². The van der Waals surface area contributed by atoms with Gasteiger partial charge in [-0.05, 0) is 17.5 Å². The predicted octanol–water partition coefficient (Wildman–Crippen LogP) is 2.40. The highest BCUT2D eigenvalue weighted by atomic mass is 32.2. The topological polar surface area (TPSA) is 56.0 Å². The lowest BCUT2D eigenvalue weighted by molar-refractivity contribution is 0.684. The van der Waals surface area contributed by atoms with Crippen LogP contribution < -0.4 is 5.14 Å². The number of hydrogen-bond donors (Lipinski definition) is 1. The molecule has 1 unspecified atom stereocenters. The van der Waals surface area contributed by atoms with E-state index in [4.69, 9.17) is 5.14 Å². The number of thiazole rings is 1. The number of aromatic nitrogens is 1. The van der Waals surface area contributed by atoms with Crippen molar-refractivity contribution in [3.8, 4) is 0 Å². The molecular formula is C10H12N2OS2. The molecule has 0 aliphatic carbocycles. The molecule has 0 saturated carbocycles. The predicted molar refractivity (Wildman–Crippen MR) is 64.3 cm³/mol. The molecule has 0 spiro atoms. The molecular weight excluding hydrogens is 228 g/mol. The minimum Gasteiger partial charge on any atom is -0.246 e. The first-order valence-corrected chi connectivity index (χ1v) is 6.68. The van der Waals surface area contributed by atoms with Gasteiger partial charge in [0.1, 0.15) is 0 Å². The van der Waals surface area contributed by atoms with Crippen LogP contribution in [0.2, 0.25) is 0 Å². The lowest BCUT2D eigenvalue weighted by atomic mass is 10.0. The lowest BCUT2D eigenvalue weighted by Gasteiger charge is -2.04. The Morgan fingerprint density at radius 1 is 1.47 bits per heavy atom. The van der Waals surface area contributed by atoms with Crippen molar-refractivity contribution in [1.82, 2.24) is 4.98 Å². The van der Waals surface area contributed by atoms with E-state index in [1.54, 1.807) is 0 Å². The zero-order valence-corrected chi connectivity index (χ0v) is 10.2. The van der Waals surface area contributed by atoms with Crippen molar-refractivity contribution in [2.75, 3.05) is 0 Å². The van der Waals surface area contributed by atoms with E-state index in [-0.39, 0.29) is 0 Å². The lowest BCUT2D eigenvalue weighted by Crippen LogP contribution is -2.01. The molecule has 2 rings (SSSR count). The molecule has 0 fully saturated rings. The molecule has 0 aliphatic heterocycles. The monoisotopic (exact) mass is 240 g/mol. The van der Waals surface area contributed by atoms with Gasteiger partial charge in [0, 0.05) is 0 Å². The molecule has 2 N–H and O–H groups in total. The van der Waals surface area contributed by atoms with Crippen LogP contribution in [-0.2, 0) is 11.0 Å². The Hall–Kier alpha value is -0.780. The second-order valence-corrected chi connectivity index (χ2v) is 5.90. The highest BCUT2D eigenvalue weighted by molar-refractivity contribution is 7.85. The molecule has 0 radical (unpaired) electrons. The second kappa shape index (κ2) is 4.00. The van der Waals surface area contributed by atoms with Crippen LogP contribution >= 0.6 is 11.3 Å². The fraction of sp³-hybridized carbons (Fsp3) is 0.300. The average molecular weight is 240 g/mol. The molecule has 1 aromatic carbocycles. The summed E-state index contributed by atoms with van der Waals surface area (Å²) in [6.07, 6.45) is 0. The third-order valence-corrected chi connectivity index (χ3v) is 4.22. The van der Waals surface area contributed by atoms with Crippen LogP contribution in [0.5, 0.6) is 0 Å². The van der Waals surface area contributed by atoms with E-state index in [9.17, 15) is 4.21 Å². The van der Waals surface area contributed by atoms with Gasteiger partial charge in [-0.1, -0.05) is 26.0 Å². The fourth-order valence-electron chi connectivity index (χ4n) is 1.50. The minimum absolute atomic E-state index is 0.412. The van der Waals surface area contributed by atoms with Crippen molar-refractivity contribution in [2.24, 2.45) is 5.14 Å². The summed E-state index contributed by atoms with van der Waals surface area (Å²) in [5.41, 5.74) is 2.12. The second-order valence-electron chi connectivity index (χ2n) is 3.63. The van der Waals surface area contributed by atoms with Crippen molar-refractivity contribution >= 4 is 32.5 Å². The van der Waals surface area contributed by atoms with E-state index in [1.807, 2.05) is 12.1 Å². The van der Waals surface area contributed by atoms with E-state index in [1.165, 1.54) is 16.9 Å². The van der Waals surface area contributed by atoms with Gasteiger partial charge in [-0.3, -0.25) is 0 Å². The van der Waals surface area contributed by atoms with Crippen LogP contribution in [0.25, 0.3) is 10.2 Å². The summed E-state index contributed by atoms with van der Waals surface area (Å²) in [5, 5.41) is 5.32. The fourth-order valence-corrected chi connectivity index (χ4v) is 3.01. The Labute approximate surface area is 94.9 Å². The molecule has 2 aromatic rings. The zero-order valence-electron chi connectivity index (χ0n) is 8.56. The Morgan fingerprint density at radius 3 is 2.80 bits per heavy atom. The Bertz CT molecular complexity index is 519. The van der Waals surface area contributed by atoms with Crippen molar-refractivity contribution in [3.05, 3.63) is 23.8 Å². The van der Waals surface area contributed by atoms with Crippen molar-refractivity contribution in [2.45, 2.75) is 24.1 Å². The van der Waals surface area contributed by atoms with E-state index in [2.05, 4.69) is 24.9 Å². The third-order valence-electron chi connectivity index (χ3n) is 2.22.